The lowest BCUT2D eigenvalue weighted by molar-refractivity contribution is 0.620. The molecule has 0 spiro atoms. The fourth-order valence-electron chi connectivity index (χ4n) is 3.88. The van der Waals surface area contributed by atoms with Crippen LogP contribution >= 0.6 is 11.6 Å². The first-order valence-electron chi connectivity index (χ1n) is 10.7. The van der Waals surface area contributed by atoms with Gasteiger partial charge in [-0.05, 0) is 77.1 Å². The van der Waals surface area contributed by atoms with E-state index in [1.54, 1.807) is 0 Å². The second kappa shape index (κ2) is 9.45. The van der Waals surface area contributed by atoms with Crippen LogP contribution in [-0.4, -0.2) is 0 Å². The van der Waals surface area contributed by atoms with Crippen LogP contribution in [0.3, 0.4) is 0 Å². The lowest BCUT2D eigenvalue weighted by atomic mass is 9.96. The number of rotatable bonds is 7. The second-order valence-corrected chi connectivity index (χ2v) is 8.34. The highest BCUT2D eigenvalue weighted by Crippen LogP contribution is 2.28. The van der Waals surface area contributed by atoms with Crippen molar-refractivity contribution in [2.75, 3.05) is 0 Å². The largest absolute Gasteiger partial charge is 0.206 e. The Labute approximate surface area is 183 Å². The van der Waals surface area contributed by atoms with Crippen molar-refractivity contribution in [1.82, 2.24) is 0 Å². The third-order valence-electron chi connectivity index (χ3n) is 5.74. The molecule has 0 radical (unpaired) electrons. The predicted molar refractivity (Wildman–Crippen MR) is 127 cm³/mol. The number of hydrogen-bond donors (Lipinski definition) is 0. The Kier molecular flexibility index (Phi) is 6.50. The van der Waals surface area contributed by atoms with Crippen LogP contribution < -0.4 is 0 Å². The molecule has 0 saturated heterocycles. The van der Waals surface area contributed by atoms with E-state index >= 15 is 4.39 Å². The van der Waals surface area contributed by atoms with E-state index in [0.717, 1.165) is 39.9 Å². The summed E-state index contributed by atoms with van der Waals surface area (Å²) in [5.74, 6) is -0.108. The maximum atomic E-state index is 15.1. The molecule has 4 aromatic carbocycles. The van der Waals surface area contributed by atoms with Gasteiger partial charge in [0.05, 0.1) is 0 Å². The summed E-state index contributed by atoms with van der Waals surface area (Å²) < 4.78 is 15.1. The molecular weight excluding hydrogens is 391 g/mol. The monoisotopic (exact) mass is 416 g/mol. The quantitative estimate of drug-likeness (QED) is 0.283. The van der Waals surface area contributed by atoms with Crippen molar-refractivity contribution in [1.29, 1.82) is 0 Å². The SMILES string of the molecule is CCCCc1ccc(-c2ccc3c(F)c(CCc4ccc(Cl)cc4)ccc3c2)cc1. The standard InChI is InChI=1S/C28H26ClF/c1-2-3-4-20-5-10-22(11-6-20)24-15-18-27-25(19-24)14-13-23(28(27)30)12-7-21-8-16-26(29)17-9-21/h5-6,8-11,13-19H,2-4,7,12H2,1H3. The van der Waals surface area contributed by atoms with E-state index in [4.69, 9.17) is 11.6 Å². The fourth-order valence-corrected chi connectivity index (χ4v) is 4.01. The molecule has 0 aliphatic rings. The molecule has 0 aromatic heterocycles. The number of unbranched alkanes of at least 4 members (excludes halogenated alkanes) is 1. The lowest BCUT2D eigenvalue weighted by Gasteiger charge is -2.10. The lowest BCUT2D eigenvalue weighted by Crippen LogP contribution is -1.96. The van der Waals surface area contributed by atoms with E-state index in [0.29, 0.717) is 11.8 Å². The van der Waals surface area contributed by atoms with Gasteiger partial charge in [0.1, 0.15) is 5.82 Å². The van der Waals surface area contributed by atoms with Gasteiger partial charge in [0.15, 0.2) is 0 Å². The molecular formula is C28H26ClF. The molecule has 0 unspecified atom stereocenters. The van der Waals surface area contributed by atoms with Crippen molar-refractivity contribution in [3.8, 4) is 11.1 Å². The van der Waals surface area contributed by atoms with Crippen molar-refractivity contribution in [2.24, 2.45) is 0 Å². The van der Waals surface area contributed by atoms with Gasteiger partial charge >= 0.3 is 0 Å². The van der Waals surface area contributed by atoms with Gasteiger partial charge in [0, 0.05) is 10.4 Å². The molecule has 4 rings (SSSR count). The Hall–Kier alpha value is -2.64. The van der Waals surface area contributed by atoms with E-state index in [9.17, 15) is 0 Å². The summed E-state index contributed by atoms with van der Waals surface area (Å²) in [7, 11) is 0. The molecule has 0 aliphatic carbocycles. The first-order chi connectivity index (χ1) is 14.6. The van der Waals surface area contributed by atoms with Crippen molar-refractivity contribution >= 4 is 22.4 Å². The molecule has 0 N–H and O–H groups in total. The van der Waals surface area contributed by atoms with Crippen molar-refractivity contribution in [3.05, 3.63) is 106 Å². The van der Waals surface area contributed by atoms with Gasteiger partial charge in [-0.1, -0.05) is 85.6 Å². The van der Waals surface area contributed by atoms with E-state index in [1.165, 1.54) is 24.0 Å². The summed E-state index contributed by atoms with van der Waals surface area (Å²) in [5.41, 5.74) is 5.59. The summed E-state index contributed by atoms with van der Waals surface area (Å²) in [6.45, 7) is 2.21. The number of hydrogen-bond acceptors (Lipinski definition) is 0. The van der Waals surface area contributed by atoms with Gasteiger partial charge in [0.2, 0.25) is 0 Å². The predicted octanol–water partition coefficient (Wildman–Crippen LogP) is 8.43. The average Bonchev–Trinajstić information content (AvgIpc) is 2.78. The number of halogens is 2. The topological polar surface area (TPSA) is 0 Å². The van der Waals surface area contributed by atoms with Gasteiger partial charge in [-0.3, -0.25) is 0 Å². The Morgan fingerprint density at radius 1 is 0.700 bits per heavy atom. The van der Waals surface area contributed by atoms with E-state index < -0.39 is 0 Å². The molecule has 0 aliphatic heterocycles. The van der Waals surface area contributed by atoms with Crippen LogP contribution in [0.25, 0.3) is 21.9 Å². The van der Waals surface area contributed by atoms with Crippen LogP contribution in [0.2, 0.25) is 5.02 Å². The van der Waals surface area contributed by atoms with Gasteiger partial charge in [-0.2, -0.15) is 0 Å². The molecule has 30 heavy (non-hydrogen) atoms. The maximum absolute atomic E-state index is 15.1. The smallest absolute Gasteiger partial charge is 0.134 e. The van der Waals surface area contributed by atoms with Gasteiger partial charge < -0.3 is 0 Å². The Morgan fingerprint density at radius 2 is 1.37 bits per heavy atom. The van der Waals surface area contributed by atoms with Crippen LogP contribution in [-0.2, 0) is 19.3 Å². The first-order valence-corrected chi connectivity index (χ1v) is 11.1. The van der Waals surface area contributed by atoms with E-state index in [1.807, 2.05) is 48.5 Å². The Balaban J connectivity index is 1.54. The summed E-state index contributed by atoms with van der Waals surface area (Å²) in [6.07, 6.45) is 5.01. The molecule has 0 atom stereocenters. The highest BCUT2D eigenvalue weighted by Gasteiger charge is 2.09. The zero-order chi connectivity index (χ0) is 20.9. The molecule has 0 fully saturated rings. The second-order valence-electron chi connectivity index (χ2n) is 7.90. The van der Waals surface area contributed by atoms with Gasteiger partial charge in [-0.25, -0.2) is 4.39 Å². The minimum Gasteiger partial charge on any atom is -0.206 e. The highest BCUT2D eigenvalue weighted by atomic mass is 35.5. The van der Waals surface area contributed by atoms with E-state index in [2.05, 4.69) is 37.3 Å². The zero-order valence-corrected chi connectivity index (χ0v) is 18.1. The zero-order valence-electron chi connectivity index (χ0n) is 17.3. The van der Waals surface area contributed by atoms with Gasteiger partial charge in [0.25, 0.3) is 0 Å². The minimum atomic E-state index is -0.108. The number of fused-ring (bicyclic) bond motifs is 1. The molecule has 0 saturated carbocycles. The maximum Gasteiger partial charge on any atom is 0.134 e. The molecule has 152 valence electrons. The van der Waals surface area contributed by atoms with Crippen LogP contribution in [0.15, 0.2) is 78.9 Å². The van der Waals surface area contributed by atoms with Gasteiger partial charge in [-0.15, -0.1) is 0 Å². The summed E-state index contributed by atoms with van der Waals surface area (Å²) in [6, 6.07) is 26.5. The normalized spacial score (nSPS) is 11.2. The fraction of sp³-hybridized carbons (Fsp3) is 0.214. The van der Waals surface area contributed by atoms with Crippen LogP contribution in [0, 0.1) is 5.82 Å². The Bertz CT molecular complexity index is 1130. The molecule has 4 aromatic rings. The van der Waals surface area contributed by atoms with Crippen molar-refractivity contribution in [3.63, 3.8) is 0 Å². The van der Waals surface area contributed by atoms with E-state index in [-0.39, 0.29) is 5.82 Å². The molecule has 0 amide bonds. The average molecular weight is 417 g/mol. The van der Waals surface area contributed by atoms with Crippen LogP contribution in [0.1, 0.15) is 36.5 Å². The van der Waals surface area contributed by atoms with Crippen molar-refractivity contribution in [2.45, 2.75) is 39.0 Å². The molecule has 0 bridgehead atoms. The summed E-state index contributed by atoms with van der Waals surface area (Å²) in [5, 5.41) is 2.35. The third-order valence-corrected chi connectivity index (χ3v) is 5.99. The minimum absolute atomic E-state index is 0.108. The van der Waals surface area contributed by atoms with Crippen molar-refractivity contribution < 1.29 is 4.39 Å². The number of aryl methyl sites for hydroxylation is 3. The molecule has 2 heteroatoms. The Morgan fingerprint density at radius 3 is 2.10 bits per heavy atom. The first kappa shape index (κ1) is 20.6. The number of benzene rings is 4. The third kappa shape index (κ3) is 4.74. The molecule has 0 nitrogen and oxygen atoms in total. The summed E-state index contributed by atoms with van der Waals surface area (Å²) >= 11 is 5.94. The summed E-state index contributed by atoms with van der Waals surface area (Å²) in [4.78, 5) is 0. The molecule has 0 heterocycles. The van der Waals surface area contributed by atoms with Crippen LogP contribution in [0.5, 0.6) is 0 Å². The highest BCUT2D eigenvalue weighted by molar-refractivity contribution is 6.30. The van der Waals surface area contributed by atoms with Crippen LogP contribution in [0.4, 0.5) is 4.39 Å².